The first kappa shape index (κ1) is 19.9. The van der Waals surface area contributed by atoms with Crippen LogP contribution in [-0.2, 0) is 11.3 Å². The normalized spacial score (nSPS) is 14.9. The van der Waals surface area contributed by atoms with E-state index >= 15 is 0 Å². The number of para-hydroxylation sites is 1. The summed E-state index contributed by atoms with van der Waals surface area (Å²) in [6.07, 6.45) is 5.42. The summed E-state index contributed by atoms with van der Waals surface area (Å²) in [5.74, 6) is 0.318. The number of rotatable bonds is 8. The lowest BCUT2D eigenvalue weighted by atomic mass is 10.2. The fraction of sp³-hybridized carbons (Fsp3) is 0.550. The van der Waals surface area contributed by atoms with E-state index in [9.17, 15) is 9.59 Å². The van der Waals surface area contributed by atoms with Gasteiger partial charge in [0.1, 0.15) is 0 Å². The lowest BCUT2D eigenvalue weighted by Crippen LogP contribution is -3.05. The van der Waals surface area contributed by atoms with Gasteiger partial charge in [0.2, 0.25) is 5.91 Å². The van der Waals surface area contributed by atoms with Crippen molar-refractivity contribution in [3.05, 3.63) is 34.6 Å². The Hall–Kier alpha value is -1.86. The van der Waals surface area contributed by atoms with Crippen molar-refractivity contribution in [2.45, 2.75) is 49.8 Å². The van der Waals surface area contributed by atoms with Gasteiger partial charge < -0.3 is 10.2 Å². The smallest absolute Gasteiger partial charge is 0.262 e. The molecule has 1 aromatic heterocycles. The van der Waals surface area contributed by atoms with Crippen LogP contribution in [0, 0.1) is 0 Å². The molecule has 3 rings (SSSR count). The Balaban J connectivity index is 1.76. The standard InChI is InChI=1S/C20H28N4O2S/c1-23(2)12-7-13-24-19(26)16-10-5-6-11-17(16)22-20(24)27-14-18(25)21-15-8-3-4-9-15/h5-6,10-11,15H,3-4,7-9,12-14H2,1-2H3,(H,21,25)/p+1. The van der Waals surface area contributed by atoms with Crippen LogP contribution in [-0.4, -0.2) is 47.9 Å². The first-order valence-corrected chi connectivity index (χ1v) is 10.7. The van der Waals surface area contributed by atoms with Gasteiger partial charge in [-0.3, -0.25) is 14.2 Å². The topological polar surface area (TPSA) is 68.4 Å². The maximum absolute atomic E-state index is 13.0. The minimum Gasteiger partial charge on any atom is -0.353 e. The molecule has 0 radical (unpaired) electrons. The van der Waals surface area contributed by atoms with Gasteiger partial charge in [-0.1, -0.05) is 36.7 Å². The third kappa shape index (κ3) is 5.32. The predicted molar refractivity (Wildman–Crippen MR) is 109 cm³/mol. The average Bonchev–Trinajstić information content (AvgIpc) is 3.15. The van der Waals surface area contributed by atoms with E-state index in [2.05, 4.69) is 24.4 Å². The van der Waals surface area contributed by atoms with Gasteiger partial charge in [0.15, 0.2) is 5.16 Å². The van der Waals surface area contributed by atoms with Gasteiger partial charge in [0.25, 0.3) is 5.56 Å². The Morgan fingerprint density at radius 2 is 2.04 bits per heavy atom. The average molecular weight is 390 g/mol. The Kier molecular flexibility index (Phi) is 6.90. The highest BCUT2D eigenvalue weighted by Gasteiger charge is 2.18. The molecule has 6 nitrogen and oxygen atoms in total. The van der Waals surface area contributed by atoms with Gasteiger partial charge in [0, 0.05) is 19.0 Å². The SMILES string of the molecule is C[NH+](C)CCCn1c(SCC(=O)NC2CCCC2)nc2ccccc2c1=O. The first-order chi connectivity index (χ1) is 13.0. The van der Waals surface area contributed by atoms with Gasteiger partial charge in [-0.15, -0.1) is 0 Å². The minimum absolute atomic E-state index is 0.0203. The van der Waals surface area contributed by atoms with Crippen LogP contribution in [0.4, 0.5) is 0 Å². The fourth-order valence-corrected chi connectivity index (χ4v) is 4.35. The summed E-state index contributed by atoms with van der Waals surface area (Å²) in [7, 11) is 4.20. The molecule has 1 aromatic carbocycles. The van der Waals surface area contributed by atoms with Crippen LogP contribution < -0.4 is 15.8 Å². The van der Waals surface area contributed by atoms with E-state index in [1.165, 1.54) is 29.5 Å². The summed E-state index contributed by atoms with van der Waals surface area (Å²) in [4.78, 5) is 31.3. The number of carbonyl (C=O) groups excluding carboxylic acids is 1. The maximum Gasteiger partial charge on any atom is 0.262 e. The zero-order valence-corrected chi connectivity index (χ0v) is 17.0. The summed E-state index contributed by atoms with van der Waals surface area (Å²) in [5.41, 5.74) is 0.670. The van der Waals surface area contributed by atoms with Gasteiger partial charge in [-0.05, 0) is 25.0 Å². The molecule has 1 aliphatic rings. The number of amides is 1. The van der Waals surface area contributed by atoms with Crippen LogP contribution >= 0.6 is 11.8 Å². The number of nitrogens with zero attached hydrogens (tertiary/aromatic N) is 2. The van der Waals surface area contributed by atoms with Gasteiger partial charge >= 0.3 is 0 Å². The van der Waals surface area contributed by atoms with Gasteiger partial charge in [-0.2, -0.15) is 0 Å². The number of aromatic nitrogens is 2. The molecule has 1 saturated carbocycles. The number of benzene rings is 1. The van der Waals surface area contributed by atoms with Crippen molar-refractivity contribution < 1.29 is 9.69 Å². The molecular formula is C20H29N4O2S+. The van der Waals surface area contributed by atoms with E-state index in [-0.39, 0.29) is 11.5 Å². The Labute approximate surface area is 164 Å². The molecule has 1 heterocycles. The van der Waals surface area contributed by atoms with Crippen LogP contribution in [0.15, 0.2) is 34.2 Å². The summed E-state index contributed by atoms with van der Waals surface area (Å²) in [6.45, 7) is 1.60. The van der Waals surface area contributed by atoms with Crippen LogP contribution in [0.3, 0.4) is 0 Å². The third-order valence-electron chi connectivity index (χ3n) is 4.94. The molecule has 0 unspecified atom stereocenters. The van der Waals surface area contributed by atoms with Crippen LogP contribution in [0.2, 0.25) is 0 Å². The third-order valence-corrected chi connectivity index (χ3v) is 5.91. The summed E-state index contributed by atoms with van der Waals surface area (Å²) in [6, 6.07) is 7.73. The van der Waals surface area contributed by atoms with Crippen molar-refractivity contribution in [1.82, 2.24) is 14.9 Å². The number of quaternary nitrogens is 1. The molecular weight excluding hydrogens is 360 g/mol. The molecule has 2 N–H and O–H groups in total. The van der Waals surface area contributed by atoms with E-state index < -0.39 is 0 Å². The first-order valence-electron chi connectivity index (χ1n) is 9.75. The maximum atomic E-state index is 13.0. The van der Waals surface area contributed by atoms with Crippen molar-refractivity contribution in [3.8, 4) is 0 Å². The lowest BCUT2D eigenvalue weighted by molar-refractivity contribution is -0.858. The van der Waals surface area contributed by atoms with Crippen molar-refractivity contribution in [2.24, 2.45) is 0 Å². The molecule has 2 aromatic rings. The molecule has 146 valence electrons. The number of carbonyl (C=O) groups is 1. The molecule has 0 atom stereocenters. The number of hydrogen-bond acceptors (Lipinski definition) is 4. The number of hydrogen-bond donors (Lipinski definition) is 2. The molecule has 0 bridgehead atoms. The summed E-state index contributed by atoms with van der Waals surface area (Å²) < 4.78 is 1.73. The number of nitrogens with one attached hydrogen (secondary N) is 2. The van der Waals surface area contributed by atoms with Gasteiger partial charge in [-0.25, -0.2) is 4.98 Å². The molecule has 0 saturated heterocycles. The van der Waals surface area contributed by atoms with Crippen molar-refractivity contribution >= 4 is 28.6 Å². The Morgan fingerprint density at radius 3 is 2.78 bits per heavy atom. The molecule has 1 amide bonds. The zero-order valence-electron chi connectivity index (χ0n) is 16.2. The van der Waals surface area contributed by atoms with Crippen LogP contribution in [0.25, 0.3) is 10.9 Å². The lowest BCUT2D eigenvalue weighted by Gasteiger charge is -2.15. The van der Waals surface area contributed by atoms with E-state index in [4.69, 9.17) is 0 Å². The summed E-state index contributed by atoms with van der Waals surface area (Å²) >= 11 is 1.36. The molecule has 0 aliphatic heterocycles. The van der Waals surface area contributed by atoms with E-state index in [1.54, 1.807) is 4.57 Å². The molecule has 7 heteroatoms. The monoisotopic (exact) mass is 389 g/mol. The van der Waals surface area contributed by atoms with E-state index in [1.807, 2.05) is 24.3 Å². The summed E-state index contributed by atoms with van der Waals surface area (Å²) in [5, 5.41) is 4.37. The highest BCUT2D eigenvalue weighted by molar-refractivity contribution is 7.99. The molecule has 0 spiro atoms. The molecule has 27 heavy (non-hydrogen) atoms. The minimum atomic E-state index is -0.0203. The Bertz CT molecular complexity index is 843. The largest absolute Gasteiger partial charge is 0.353 e. The second-order valence-corrected chi connectivity index (χ2v) is 8.46. The second-order valence-electron chi connectivity index (χ2n) is 7.52. The predicted octanol–water partition coefficient (Wildman–Crippen LogP) is 1.08. The highest BCUT2D eigenvalue weighted by Crippen LogP contribution is 2.20. The van der Waals surface area contributed by atoms with E-state index in [0.717, 1.165) is 25.8 Å². The quantitative estimate of drug-likeness (QED) is 0.524. The fourth-order valence-electron chi connectivity index (χ4n) is 3.52. The van der Waals surface area contributed by atoms with Crippen LogP contribution in [0.1, 0.15) is 32.1 Å². The molecule has 1 fully saturated rings. The van der Waals surface area contributed by atoms with Crippen molar-refractivity contribution in [2.75, 3.05) is 26.4 Å². The number of fused-ring (bicyclic) bond motifs is 1. The highest BCUT2D eigenvalue weighted by atomic mass is 32.2. The van der Waals surface area contributed by atoms with Crippen molar-refractivity contribution in [3.63, 3.8) is 0 Å². The number of thioether (sulfide) groups is 1. The van der Waals surface area contributed by atoms with Gasteiger partial charge in [0.05, 0.1) is 37.3 Å². The van der Waals surface area contributed by atoms with Crippen LogP contribution in [0.5, 0.6) is 0 Å². The molecule has 1 aliphatic carbocycles. The second kappa shape index (κ2) is 9.37. The zero-order chi connectivity index (χ0) is 19.2. The van der Waals surface area contributed by atoms with E-state index in [0.29, 0.717) is 34.4 Å². The Morgan fingerprint density at radius 1 is 1.30 bits per heavy atom. The van der Waals surface area contributed by atoms with Crippen molar-refractivity contribution in [1.29, 1.82) is 0 Å².